The third kappa shape index (κ3) is 3.03. The lowest BCUT2D eigenvalue weighted by atomic mass is 10.0. The number of benzene rings is 2. The molecule has 0 aromatic heterocycles. The van der Waals surface area contributed by atoms with E-state index in [1.54, 1.807) is 18.2 Å². The van der Waals surface area contributed by atoms with Crippen LogP contribution < -0.4 is 25.4 Å². The number of carbonyl (C=O) groups is 2. The predicted octanol–water partition coefficient (Wildman–Crippen LogP) is 2.79. The van der Waals surface area contributed by atoms with Gasteiger partial charge in [0.15, 0.2) is 11.5 Å². The van der Waals surface area contributed by atoms with Gasteiger partial charge in [0.1, 0.15) is 6.04 Å². The van der Waals surface area contributed by atoms with Crippen molar-refractivity contribution in [2.75, 3.05) is 22.7 Å². The van der Waals surface area contributed by atoms with E-state index < -0.39 is 6.04 Å². The Hall–Kier alpha value is -3.22. The molecule has 0 spiro atoms. The number of amides is 2. The van der Waals surface area contributed by atoms with Crippen LogP contribution in [0, 0.1) is 13.8 Å². The maximum atomic E-state index is 12.4. The maximum Gasteiger partial charge on any atom is 0.247 e. The molecule has 0 bridgehead atoms. The zero-order valence-corrected chi connectivity index (χ0v) is 14.5. The van der Waals surface area contributed by atoms with Gasteiger partial charge in [-0.15, -0.1) is 0 Å². The summed E-state index contributed by atoms with van der Waals surface area (Å²) in [6.45, 7) is 4.18. The highest BCUT2D eigenvalue weighted by Crippen LogP contribution is 2.34. The molecule has 0 saturated heterocycles. The van der Waals surface area contributed by atoms with Crippen LogP contribution in [-0.4, -0.2) is 24.6 Å². The molecule has 3 N–H and O–H groups in total. The Morgan fingerprint density at radius 2 is 1.85 bits per heavy atom. The van der Waals surface area contributed by atoms with E-state index in [1.807, 2.05) is 26.0 Å². The van der Waals surface area contributed by atoms with Crippen molar-refractivity contribution < 1.29 is 19.1 Å². The molecule has 1 atom stereocenters. The quantitative estimate of drug-likeness (QED) is 0.790. The van der Waals surface area contributed by atoms with Crippen LogP contribution in [0.25, 0.3) is 0 Å². The van der Waals surface area contributed by atoms with E-state index >= 15 is 0 Å². The largest absolute Gasteiger partial charge is 0.454 e. The van der Waals surface area contributed by atoms with Gasteiger partial charge in [-0.2, -0.15) is 0 Å². The minimum absolute atomic E-state index is 0.0205. The van der Waals surface area contributed by atoms with E-state index in [2.05, 4.69) is 16.0 Å². The molecule has 7 nitrogen and oxygen atoms in total. The highest BCUT2D eigenvalue weighted by molar-refractivity contribution is 6.06. The fraction of sp³-hybridized carbons (Fsp3) is 0.263. The number of hydrogen-bond acceptors (Lipinski definition) is 5. The van der Waals surface area contributed by atoms with Crippen molar-refractivity contribution in [3.8, 4) is 11.5 Å². The standard InChI is InChI=1S/C19H19N3O4/c1-10-5-13-14(6-11(10)2)22-19(24)15(21-13)8-18(23)20-12-3-4-16-17(7-12)26-9-25-16/h3-7,15,21H,8-9H2,1-2H3,(H,20,23)(H,22,24)/t15-/m1/s1. The monoisotopic (exact) mass is 353 g/mol. The summed E-state index contributed by atoms with van der Waals surface area (Å²) in [5.74, 6) is 0.764. The topological polar surface area (TPSA) is 88.7 Å². The summed E-state index contributed by atoms with van der Waals surface area (Å²) in [4.78, 5) is 24.7. The lowest BCUT2D eigenvalue weighted by Gasteiger charge is -2.27. The molecule has 2 aromatic rings. The minimum atomic E-state index is -0.626. The van der Waals surface area contributed by atoms with Gasteiger partial charge in [-0.05, 0) is 49.2 Å². The first-order valence-electron chi connectivity index (χ1n) is 8.38. The molecule has 26 heavy (non-hydrogen) atoms. The molecule has 2 heterocycles. The molecule has 7 heteroatoms. The lowest BCUT2D eigenvalue weighted by Crippen LogP contribution is -2.41. The van der Waals surface area contributed by atoms with Crippen molar-refractivity contribution in [2.24, 2.45) is 0 Å². The van der Waals surface area contributed by atoms with Gasteiger partial charge in [-0.25, -0.2) is 0 Å². The number of anilines is 3. The summed E-state index contributed by atoms with van der Waals surface area (Å²) in [6.07, 6.45) is 0.0205. The van der Waals surface area contributed by atoms with Crippen LogP contribution in [0.1, 0.15) is 17.5 Å². The van der Waals surface area contributed by atoms with Gasteiger partial charge in [-0.1, -0.05) is 0 Å². The molecule has 134 valence electrons. The van der Waals surface area contributed by atoms with Crippen LogP contribution in [0.3, 0.4) is 0 Å². The average Bonchev–Trinajstić information content (AvgIpc) is 3.05. The van der Waals surface area contributed by atoms with E-state index in [0.717, 1.165) is 22.5 Å². The summed E-state index contributed by atoms with van der Waals surface area (Å²) in [5.41, 5.74) is 4.39. The van der Waals surface area contributed by atoms with Crippen LogP contribution in [0.4, 0.5) is 17.1 Å². The number of nitrogens with one attached hydrogen (secondary N) is 3. The van der Waals surface area contributed by atoms with Crippen LogP contribution in [-0.2, 0) is 9.59 Å². The second-order valence-corrected chi connectivity index (χ2v) is 6.49. The SMILES string of the molecule is Cc1cc2c(cc1C)N[C@H](CC(=O)Nc1ccc3c(c1)OCO3)C(=O)N2. The summed E-state index contributed by atoms with van der Waals surface area (Å²) < 4.78 is 10.5. The third-order valence-electron chi connectivity index (χ3n) is 4.58. The second-order valence-electron chi connectivity index (χ2n) is 6.49. The highest BCUT2D eigenvalue weighted by atomic mass is 16.7. The zero-order chi connectivity index (χ0) is 18.3. The average molecular weight is 353 g/mol. The van der Waals surface area contributed by atoms with Gasteiger partial charge in [0.2, 0.25) is 18.6 Å². The highest BCUT2D eigenvalue weighted by Gasteiger charge is 2.28. The predicted molar refractivity (Wildman–Crippen MR) is 97.8 cm³/mol. The zero-order valence-electron chi connectivity index (χ0n) is 14.5. The van der Waals surface area contributed by atoms with Crippen LogP contribution in [0.2, 0.25) is 0 Å². The van der Waals surface area contributed by atoms with Crippen LogP contribution in [0.5, 0.6) is 11.5 Å². The fourth-order valence-corrected chi connectivity index (χ4v) is 3.03. The molecule has 2 aromatic carbocycles. The van der Waals surface area contributed by atoms with Crippen molar-refractivity contribution in [2.45, 2.75) is 26.3 Å². The van der Waals surface area contributed by atoms with Gasteiger partial charge >= 0.3 is 0 Å². The van der Waals surface area contributed by atoms with Crippen molar-refractivity contribution in [3.05, 3.63) is 41.5 Å². The van der Waals surface area contributed by atoms with E-state index in [1.165, 1.54) is 0 Å². The Kier molecular flexibility index (Phi) is 3.91. The lowest BCUT2D eigenvalue weighted by molar-refractivity contribution is -0.122. The summed E-state index contributed by atoms with van der Waals surface area (Å²) in [5, 5.41) is 8.81. The fourth-order valence-electron chi connectivity index (χ4n) is 3.03. The Morgan fingerprint density at radius 1 is 1.12 bits per heavy atom. The number of aryl methyl sites for hydroxylation is 2. The number of rotatable bonds is 3. The van der Waals surface area contributed by atoms with Gasteiger partial charge in [0.05, 0.1) is 17.8 Å². The molecule has 0 unspecified atom stereocenters. The summed E-state index contributed by atoms with van der Waals surface area (Å²) >= 11 is 0. The smallest absolute Gasteiger partial charge is 0.247 e. The number of hydrogen-bond donors (Lipinski definition) is 3. The first kappa shape index (κ1) is 16.3. The first-order valence-corrected chi connectivity index (χ1v) is 8.38. The molecule has 2 aliphatic rings. The first-order chi connectivity index (χ1) is 12.5. The van der Waals surface area contributed by atoms with E-state index in [0.29, 0.717) is 17.2 Å². The van der Waals surface area contributed by atoms with Gasteiger partial charge < -0.3 is 25.4 Å². The second kappa shape index (κ2) is 6.25. The Labute approximate surface area is 150 Å². The van der Waals surface area contributed by atoms with Crippen molar-refractivity contribution in [1.29, 1.82) is 0 Å². The van der Waals surface area contributed by atoms with Crippen molar-refractivity contribution >= 4 is 28.9 Å². The van der Waals surface area contributed by atoms with E-state index in [9.17, 15) is 9.59 Å². The van der Waals surface area contributed by atoms with Crippen LogP contribution >= 0.6 is 0 Å². The normalized spacial score (nSPS) is 17.2. The van der Waals surface area contributed by atoms with Gasteiger partial charge in [0.25, 0.3) is 0 Å². The Balaban J connectivity index is 1.44. The van der Waals surface area contributed by atoms with E-state index in [4.69, 9.17) is 9.47 Å². The van der Waals surface area contributed by atoms with Crippen molar-refractivity contribution in [1.82, 2.24) is 0 Å². The molecule has 0 radical (unpaired) electrons. The molecular weight excluding hydrogens is 334 g/mol. The van der Waals surface area contributed by atoms with E-state index in [-0.39, 0.29) is 25.0 Å². The molecule has 4 rings (SSSR count). The number of ether oxygens (including phenoxy) is 2. The number of carbonyl (C=O) groups excluding carboxylic acids is 2. The summed E-state index contributed by atoms with van der Waals surface area (Å²) in [7, 11) is 0. The molecule has 0 saturated carbocycles. The Morgan fingerprint density at radius 3 is 2.65 bits per heavy atom. The number of fused-ring (bicyclic) bond motifs is 2. The van der Waals surface area contributed by atoms with Gasteiger partial charge in [-0.3, -0.25) is 9.59 Å². The van der Waals surface area contributed by atoms with Crippen molar-refractivity contribution in [3.63, 3.8) is 0 Å². The molecule has 2 aliphatic heterocycles. The minimum Gasteiger partial charge on any atom is -0.454 e. The molecular formula is C19H19N3O4. The third-order valence-corrected chi connectivity index (χ3v) is 4.58. The maximum absolute atomic E-state index is 12.4. The Bertz CT molecular complexity index is 910. The molecule has 2 amide bonds. The molecule has 0 aliphatic carbocycles. The van der Waals surface area contributed by atoms with Crippen LogP contribution in [0.15, 0.2) is 30.3 Å². The van der Waals surface area contributed by atoms with Gasteiger partial charge in [0, 0.05) is 11.8 Å². The summed E-state index contributed by atoms with van der Waals surface area (Å²) in [6, 6.07) is 8.46. The molecule has 0 fully saturated rings.